The third kappa shape index (κ3) is 2.68. The molecule has 1 saturated heterocycles. The van der Waals surface area contributed by atoms with Crippen molar-refractivity contribution in [3.63, 3.8) is 0 Å². The predicted molar refractivity (Wildman–Crippen MR) is 89.1 cm³/mol. The van der Waals surface area contributed by atoms with E-state index in [1.54, 1.807) is 0 Å². The highest BCUT2D eigenvalue weighted by molar-refractivity contribution is 6.33. The molecule has 1 aromatic carbocycles. The molecular weight excluding hydrogens is 300 g/mol. The number of fused-ring (bicyclic) bond motifs is 1. The molecule has 0 saturated carbocycles. The monoisotopic (exact) mass is 324 g/mol. The lowest BCUT2D eigenvalue weighted by Crippen LogP contribution is -2.22. The number of benzene rings is 1. The van der Waals surface area contributed by atoms with Crippen LogP contribution < -0.4 is 15.2 Å². The lowest BCUT2D eigenvalue weighted by Gasteiger charge is -2.29. The maximum atomic E-state index is 6.68. The van der Waals surface area contributed by atoms with Gasteiger partial charge in [0.2, 0.25) is 0 Å². The fraction of sp³-hybridized carbons (Fsp3) is 0.647. The van der Waals surface area contributed by atoms with Crippen LogP contribution in [0.2, 0.25) is 5.02 Å². The zero-order valence-electron chi connectivity index (χ0n) is 13.6. The smallest absolute Gasteiger partial charge is 0.180 e. The van der Waals surface area contributed by atoms with E-state index in [1.165, 1.54) is 11.1 Å². The SMILES string of the molecule is CC(C)c1c(C2CC(CN)CN2C)cc2c(c1Cl)OCCO2. The van der Waals surface area contributed by atoms with Gasteiger partial charge in [-0.3, -0.25) is 4.90 Å². The summed E-state index contributed by atoms with van der Waals surface area (Å²) in [6.07, 6.45) is 1.07. The first-order chi connectivity index (χ1) is 10.5. The number of halogens is 1. The third-order valence-electron chi connectivity index (χ3n) is 4.75. The summed E-state index contributed by atoms with van der Waals surface area (Å²) in [4.78, 5) is 2.38. The highest BCUT2D eigenvalue weighted by Gasteiger charge is 2.34. The highest BCUT2D eigenvalue weighted by atomic mass is 35.5. The van der Waals surface area contributed by atoms with Crippen LogP contribution in [0.5, 0.6) is 11.5 Å². The second-order valence-corrected chi connectivity index (χ2v) is 7.04. The number of ether oxygens (including phenoxy) is 2. The van der Waals surface area contributed by atoms with Crippen LogP contribution in [0.4, 0.5) is 0 Å². The van der Waals surface area contributed by atoms with E-state index in [4.69, 9.17) is 26.8 Å². The van der Waals surface area contributed by atoms with Crippen molar-refractivity contribution in [2.24, 2.45) is 11.7 Å². The Morgan fingerprint density at radius 3 is 2.73 bits per heavy atom. The van der Waals surface area contributed by atoms with Gasteiger partial charge in [-0.2, -0.15) is 0 Å². The van der Waals surface area contributed by atoms with E-state index >= 15 is 0 Å². The molecule has 1 fully saturated rings. The van der Waals surface area contributed by atoms with E-state index in [0.717, 1.165) is 25.3 Å². The van der Waals surface area contributed by atoms with Gasteiger partial charge in [0.1, 0.15) is 13.2 Å². The van der Waals surface area contributed by atoms with Crippen molar-refractivity contribution in [1.82, 2.24) is 4.90 Å². The quantitative estimate of drug-likeness (QED) is 0.927. The zero-order chi connectivity index (χ0) is 15.9. The fourth-order valence-corrected chi connectivity index (χ4v) is 4.16. The number of hydrogen-bond donors (Lipinski definition) is 1. The van der Waals surface area contributed by atoms with Gasteiger partial charge in [0.25, 0.3) is 0 Å². The summed E-state index contributed by atoms with van der Waals surface area (Å²) in [7, 11) is 2.16. The van der Waals surface area contributed by atoms with Gasteiger partial charge in [0.15, 0.2) is 11.5 Å². The molecule has 3 rings (SSSR count). The maximum absolute atomic E-state index is 6.68. The molecule has 0 aliphatic carbocycles. The first-order valence-corrected chi connectivity index (χ1v) is 8.42. The van der Waals surface area contributed by atoms with E-state index in [-0.39, 0.29) is 0 Å². The first kappa shape index (κ1) is 15.9. The minimum atomic E-state index is 0.337. The highest BCUT2D eigenvalue weighted by Crippen LogP contribution is 2.48. The van der Waals surface area contributed by atoms with Gasteiger partial charge < -0.3 is 15.2 Å². The molecule has 2 atom stereocenters. The van der Waals surface area contributed by atoms with E-state index in [0.29, 0.717) is 41.9 Å². The predicted octanol–water partition coefficient (Wildman–Crippen LogP) is 3.19. The Bertz CT molecular complexity index is 562. The van der Waals surface area contributed by atoms with Crippen LogP contribution >= 0.6 is 11.6 Å². The Balaban J connectivity index is 2.08. The number of nitrogens with zero attached hydrogens (tertiary/aromatic N) is 1. The average molecular weight is 325 g/mol. The minimum absolute atomic E-state index is 0.337. The van der Waals surface area contributed by atoms with Gasteiger partial charge in [-0.25, -0.2) is 0 Å². The van der Waals surface area contributed by atoms with Gasteiger partial charge in [-0.05, 0) is 49.0 Å². The van der Waals surface area contributed by atoms with Gasteiger partial charge in [-0.15, -0.1) is 0 Å². The molecule has 0 amide bonds. The fourth-order valence-electron chi connectivity index (χ4n) is 3.68. The number of hydrogen-bond acceptors (Lipinski definition) is 4. The van der Waals surface area contributed by atoms with Crippen molar-refractivity contribution in [1.29, 1.82) is 0 Å². The van der Waals surface area contributed by atoms with Crippen molar-refractivity contribution in [3.05, 3.63) is 22.2 Å². The Kier molecular flexibility index (Phi) is 4.53. The molecule has 22 heavy (non-hydrogen) atoms. The summed E-state index contributed by atoms with van der Waals surface area (Å²) < 4.78 is 11.5. The summed E-state index contributed by atoms with van der Waals surface area (Å²) >= 11 is 6.68. The van der Waals surface area contributed by atoms with Crippen molar-refractivity contribution >= 4 is 11.6 Å². The molecule has 4 nitrogen and oxygen atoms in total. The second kappa shape index (κ2) is 6.26. The van der Waals surface area contributed by atoms with Crippen LogP contribution in [0.15, 0.2) is 6.07 Å². The molecule has 2 aliphatic rings. The van der Waals surface area contributed by atoms with Crippen molar-refractivity contribution in [3.8, 4) is 11.5 Å². The molecule has 0 aromatic heterocycles. The topological polar surface area (TPSA) is 47.7 Å². The van der Waals surface area contributed by atoms with Crippen LogP contribution in [0.3, 0.4) is 0 Å². The molecule has 1 aromatic rings. The van der Waals surface area contributed by atoms with E-state index in [9.17, 15) is 0 Å². The van der Waals surface area contributed by atoms with Crippen LogP contribution in [0, 0.1) is 5.92 Å². The van der Waals surface area contributed by atoms with Crippen molar-refractivity contribution in [2.45, 2.75) is 32.2 Å². The summed E-state index contributed by atoms with van der Waals surface area (Å²) in [5, 5.41) is 0.715. The summed E-state index contributed by atoms with van der Waals surface area (Å²) in [6, 6.07) is 2.48. The summed E-state index contributed by atoms with van der Waals surface area (Å²) in [5.41, 5.74) is 8.32. The van der Waals surface area contributed by atoms with Crippen molar-refractivity contribution < 1.29 is 9.47 Å². The second-order valence-electron chi connectivity index (χ2n) is 6.67. The standard InChI is InChI=1S/C17H25ClN2O2/c1-10(2)15-12(13-6-11(8-19)9-20(13)3)7-14-17(16(15)18)22-5-4-21-14/h7,10-11,13H,4-6,8-9,19H2,1-3H3. The molecule has 5 heteroatoms. The summed E-state index contributed by atoms with van der Waals surface area (Å²) in [6.45, 7) is 7.26. The van der Waals surface area contributed by atoms with Gasteiger partial charge in [0, 0.05) is 12.6 Å². The number of rotatable bonds is 3. The molecule has 2 unspecified atom stereocenters. The van der Waals surface area contributed by atoms with Crippen LogP contribution in [0.25, 0.3) is 0 Å². The van der Waals surface area contributed by atoms with E-state index in [2.05, 4.69) is 31.9 Å². The largest absolute Gasteiger partial charge is 0.486 e. The van der Waals surface area contributed by atoms with Crippen LogP contribution in [-0.4, -0.2) is 38.3 Å². The normalized spacial score (nSPS) is 25.0. The number of likely N-dealkylation sites (tertiary alicyclic amines) is 1. The molecule has 0 spiro atoms. The van der Waals surface area contributed by atoms with Crippen LogP contribution in [0.1, 0.15) is 43.4 Å². The third-order valence-corrected chi connectivity index (χ3v) is 5.12. The molecule has 2 heterocycles. The first-order valence-electron chi connectivity index (χ1n) is 8.05. The minimum Gasteiger partial charge on any atom is -0.486 e. The van der Waals surface area contributed by atoms with E-state index < -0.39 is 0 Å². The maximum Gasteiger partial charge on any atom is 0.180 e. The number of nitrogens with two attached hydrogens (primary N) is 1. The molecule has 0 bridgehead atoms. The Morgan fingerprint density at radius 1 is 1.36 bits per heavy atom. The lowest BCUT2D eigenvalue weighted by atomic mass is 9.89. The molecule has 0 radical (unpaired) electrons. The van der Waals surface area contributed by atoms with Crippen LogP contribution in [-0.2, 0) is 0 Å². The lowest BCUT2D eigenvalue weighted by molar-refractivity contribution is 0.170. The van der Waals surface area contributed by atoms with Gasteiger partial charge in [-0.1, -0.05) is 25.4 Å². The zero-order valence-corrected chi connectivity index (χ0v) is 14.3. The Hall–Kier alpha value is -0.970. The average Bonchev–Trinajstić information content (AvgIpc) is 2.87. The molecular formula is C17H25ClN2O2. The summed E-state index contributed by atoms with van der Waals surface area (Å²) in [5.74, 6) is 2.36. The van der Waals surface area contributed by atoms with Crippen molar-refractivity contribution in [2.75, 3.05) is 33.4 Å². The van der Waals surface area contributed by atoms with E-state index in [1.807, 2.05) is 0 Å². The Labute approximate surface area is 137 Å². The molecule has 2 N–H and O–H groups in total. The Morgan fingerprint density at radius 2 is 2.09 bits per heavy atom. The molecule has 122 valence electrons. The molecule has 2 aliphatic heterocycles. The van der Waals surface area contributed by atoms with Gasteiger partial charge >= 0.3 is 0 Å². The van der Waals surface area contributed by atoms with Gasteiger partial charge in [0.05, 0.1) is 5.02 Å².